The number of fused-ring (bicyclic) bond motifs is 1. The predicted octanol–water partition coefficient (Wildman–Crippen LogP) is 3.14. The number of hydrogen-bond acceptors (Lipinski definition) is 6. The van der Waals surface area contributed by atoms with Gasteiger partial charge >= 0.3 is 0 Å². The highest BCUT2D eigenvalue weighted by molar-refractivity contribution is 7.90. The largest absolute Gasteiger partial charge is 0.495 e. The lowest BCUT2D eigenvalue weighted by atomic mass is 10.3. The van der Waals surface area contributed by atoms with Crippen LogP contribution in [0.2, 0.25) is 0 Å². The van der Waals surface area contributed by atoms with E-state index in [1.54, 1.807) is 49.7 Å². The van der Waals surface area contributed by atoms with E-state index in [0.717, 1.165) is 0 Å². The van der Waals surface area contributed by atoms with Crippen LogP contribution in [0, 0.1) is 0 Å². The molecule has 2 heterocycles. The Morgan fingerprint density at radius 3 is 2.59 bits per heavy atom. The molecule has 0 radical (unpaired) electrons. The van der Waals surface area contributed by atoms with Crippen molar-refractivity contribution in [3.63, 3.8) is 0 Å². The second-order valence-electron chi connectivity index (χ2n) is 6.09. The van der Waals surface area contributed by atoms with Crippen LogP contribution in [0.1, 0.15) is 5.69 Å². The van der Waals surface area contributed by atoms with Gasteiger partial charge in [-0.1, -0.05) is 24.3 Å². The third-order valence-electron chi connectivity index (χ3n) is 4.18. The number of para-hydroxylation sites is 2. The average molecular weight is 410 g/mol. The van der Waals surface area contributed by atoms with Crippen molar-refractivity contribution < 1.29 is 17.9 Å². The minimum atomic E-state index is -3.80. The molecule has 148 valence electrons. The van der Waals surface area contributed by atoms with Crippen molar-refractivity contribution in [2.24, 2.45) is 4.99 Å². The molecule has 0 saturated heterocycles. The van der Waals surface area contributed by atoms with Crippen molar-refractivity contribution in [3.8, 4) is 17.2 Å². The molecule has 8 nitrogen and oxygen atoms in total. The van der Waals surface area contributed by atoms with Gasteiger partial charge in [-0.25, -0.2) is 18.1 Å². The van der Waals surface area contributed by atoms with Crippen molar-refractivity contribution in [2.75, 3.05) is 12.4 Å². The summed E-state index contributed by atoms with van der Waals surface area (Å²) >= 11 is 0. The number of nitrogens with zero attached hydrogens (tertiary/aromatic N) is 2. The maximum absolute atomic E-state index is 12.7. The standard InChI is InChI=1S/C20H18N4O4S/c1-27-16-10-6-12-21-15(16)13-22-20-23-19-17(28-14-7-3-2-4-8-14)9-5-11-18(19)29(25,26)24-20/h2-12H,13H2,1H3,(H2,22,23,24). The van der Waals surface area contributed by atoms with E-state index in [9.17, 15) is 8.42 Å². The summed E-state index contributed by atoms with van der Waals surface area (Å²) in [7, 11) is -2.26. The number of anilines is 1. The zero-order valence-electron chi connectivity index (χ0n) is 15.5. The van der Waals surface area contributed by atoms with Gasteiger partial charge in [-0.3, -0.25) is 4.98 Å². The Hall–Kier alpha value is -3.59. The first-order chi connectivity index (χ1) is 14.1. The third-order valence-corrected chi connectivity index (χ3v) is 5.56. The van der Waals surface area contributed by atoms with E-state index >= 15 is 0 Å². The molecule has 2 N–H and O–H groups in total. The van der Waals surface area contributed by atoms with E-state index in [-0.39, 0.29) is 17.4 Å². The van der Waals surface area contributed by atoms with Gasteiger partial charge in [0.1, 0.15) is 27.8 Å². The summed E-state index contributed by atoms with van der Waals surface area (Å²) in [4.78, 5) is 8.63. The molecule has 2 aromatic carbocycles. The minimum Gasteiger partial charge on any atom is -0.495 e. The van der Waals surface area contributed by atoms with E-state index in [2.05, 4.69) is 20.0 Å². The van der Waals surface area contributed by atoms with Gasteiger partial charge < -0.3 is 14.8 Å². The van der Waals surface area contributed by atoms with Gasteiger partial charge in [0, 0.05) is 6.20 Å². The predicted molar refractivity (Wildman–Crippen MR) is 109 cm³/mol. The van der Waals surface area contributed by atoms with Gasteiger partial charge in [0.15, 0.2) is 5.75 Å². The fourth-order valence-corrected chi connectivity index (χ4v) is 4.00. The first-order valence-electron chi connectivity index (χ1n) is 8.75. The summed E-state index contributed by atoms with van der Waals surface area (Å²) in [6, 6.07) is 17.5. The molecule has 1 aromatic heterocycles. The molecule has 0 fully saturated rings. The Labute approximate surface area is 168 Å². The topological polar surface area (TPSA) is 102 Å². The highest BCUT2D eigenvalue weighted by atomic mass is 32.2. The molecule has 4 rings (SSSR count). The summed E-state index contributed by atoms with van der Waals surface area (Å²) in [6.07, 6.45) is 1.62. The number of nitrogens with one attached hydrogen (secondary N) is 2. The van der Waals surface area contributed by atoms with Crippen LogP contribution >= 0.6 is 0 Å². The summed E-state index contributed by atoms with van der Waals surface area (Å²) in [6.45, 7) is 0.131. The molecule has 0 spiro atoms. The van der Waals surface area contributed by atoms with E-state index in [1.165, 1.54) is 6.07 Å². The Balaban J connectivity index is 1.67. The minimum absolute atomic E-state index is 0.0781. The lowest BCUT2D eigenvalue weighted by Crippen LogP contribution is -2.40. The van der Waals surface area contributed by atoms with Gasteiger partial charge in [-0.15, -0.1) is 0 Å². The molecule has 1 aliphatic heterocycles. The second-order valence-corrected chi connectivity index (χ2v) is 7.74. The SMILES string of the molecule is COc1cccnc1CN=C1Nc2c(Oc3ccccc3)cccc2S(=O)(=O)N1. The maximum atomic E-state index is 12.7. The summed E-state index contributed by atoms with van der Waals surface area (Å²) in [5.41, 5.74) is 0.907. The average Bonchev–Trinajstić information content (AvgIpc) is 2.73. The summed E-state index contributed by atoms with van der Waals surface area (Å²) in [5.74, 6) is 1.62. The zero-order chi connectivity index (χ0) is 20.3. The van der Waals surface area contributed by atoms with Crippen molar-refractivity contribution in [3.05, 3.63) is 72.6 Å². The fraction of sp³-hybridized carbons (Fsp3) is 0.100. The van der Waals surface area contributed by atoms with Gasteiger partial charge in [0.05, 0.1) is 13.7 Å². The molecular weight excluding hydrogens is 392 g/mol. The normalized spacial score (nSPS) is 15.7. The lowest BCUT2D eigenvalue weighted by Gasteiger charge is -2.23. The Morgan fingerprint density at radius 2 is 1.79 bits per heavy atom. The molecule has 0 atom stereocenters. The van der Waals surface area contributed by atoms with Crippen LogP contribution in [0.3, 0.4) is 0 Å². The molecule has 1 aliphatic rings. The number of methoxy groups -OCH3 is 1. The molecule has 0 unspecified atom stereocenters. The van der Waals surface area contributed by atoms with Crippen LogP contribution in [0.15, 0.2) is 76.7 Å². The molecule has 0 amide bonds. The number of guanidine groups is 1. The molecular formula is C20H18N4O4S. The molecule has 0 aliphatic carbocycles. The lowest BCUT2D eigenvalue weighted by molar-refractivity contribution is 0.407. The van der Waals surface area contributed by atoms with Crippen LogP contribution in [0.25, 0.3) is 0 Å². The monoisotopic (exact) mass is 410 g/mol. The van der Waals surface area contributed by atoms with Crippen LogP contribution in [0.5, 0.6) is 17.2 Å². The second kappa shape index (κ2) is 7.80. The Kier molecular flexibility index (Phi) is 5.05. The fourth-order valence-electron chi connectivity index (χ4n) is 2.84. The number of aromatic nitrogens is 1. The molecule has 29 heavy (non-hydrogen) atoms. The third kappa shape index (κ3) is 3.99. The molecule has 9 heteroatoms. The van der Waals surface area contributed by atoms with Gasteiger partial charge in [0.2, 0.25) is 5.96 Å². The van der Waals surface area contributed by atoms with Crippen LogP contribution in [0.4, 0.5) is 5.69 Å². The van der Waals surface area contributed by atoms with E-state index < -0.39 is 10.0 Å². The van der Waals surface area contributed by atoms with Crippen molar-refractivity contribution in [1.29, 1.82) is 0 Å². The maximum Gasteiger partial charge on any atom is 0.266 e. The van der Waals surface area contributed by atoms with E-state index in [4.69, 9.17) is 9.47 Å². The highest BCUT2D eigenvalue weighted by Crippen LogP contribution is 2.36. The number of benzene rings is 2. The number of hydrogen-bond donors (Lipinski definition) is 2. The number of rotatable bonds is 5. The smallest absolute Gasteiger partial charge is 0.266 e. The van der Waals surface area contributed by atoms with E-state index in [1.807, 2.05) is 18.2 Å². The number of sulfonamides is 1. The van der Waals surface area contributed by atoms with Crippen molar-refractivity contribution >= 4 is 21.7 Å². The van der Waals surface area contributed by atoms with Crippen molar-refractivity contribution in [2.45, 2.75) is 11.4 Å². The zero-order valence-corrected chi connectivity index (χ0v) is 16.3. The Morgan fingerprint density at radius 1 is 1.00 bits per heavy atom. The summed E-state index contributed by atoms with van der Waals surface area (Å²) in [5, 5.41) is 3.02. The molecule has 0 bridgehead atoms. The van der Waals surface area contributed by atoms with Crippen LogP contribution in [-0.2, 0) is 16.6 Å². The number of ether oxygens (including phenoxy) is 2. The highest BCUT2D eigenvalue weighted by Gasteiger charge is 2.29. The quantitative estimate of drug-likeness (QED) is 0.670. The number of aliphatic imine (C=N–C) groups is 1. The van der Waals surface area contributed by atoms with E-state index in [0.29, 0.717) is 28.6 Å². The molecule has 0 saturated carbocycles. The summed E-state index contributed by atoms with van der Waals surface area (Å²) < 4.78 is 39.0. The van der Waals surface area contributed by atoms with Crippen LogP contribution < -0.4 is 19.5 Å². The molecule has 3 aromatic rings. The van der Waals surface area contributed by atoms with Crippen LogP contribution in [-0.4, -0.2) is 26.5 Å². The Bertz CT molecular complexity index is 1160. The van der Waals surface area contributed by atoms with Crippen molar-refractivity contribution in [1.82, 2.24) is 9.71 Å². The van der Waals surface area contributed by atoms with Gasteiger partial charge in [-0.05, 0) is 36.4 Å². The van der Waals surface area contributed by atoms with Gasteiger partial charge in [-0.2, -0.15) is 0 Å². The first kappa shape index (κ1) is 18.8. The first-order valence-corrected chi connectivity index (χ1v) is 10.2. The van der Waals surface area contributed by atoms with Gasteiger partial charge in [0.25, 0.3) is 10.0 Å². The number of pyridine rings is 1.